The molecule has 0 saturated carbocycles. The summed E-state index contributed by atoms with van der Waals surface area (Å²) in [7, 11) is 0. The number of phenolic OH excluding ortho intramolecular Hbond substituents is 1. The quantitative estimate of drug-likeness (QED) is 0.745. The van der Waals surface area contributed by atoms with Crippen molar-refractivity contribution in [3.63, 3.8) is 0 Å². The first-order valence-electron chi connectivity index (χ1n) is 6.75. The van der Waals surface area contributed by atoms with Crippen molar-refractivity contribution in [3.8, 4) is 5.75 Å². The molecule has 0 unspecified atom stereocenters. The van der Waals surface area contributed by atoms with Crippen molar-refractivity contribution in [2.24, 2.45) is 0 Å². The maximum atomic E-state index is 10.0. The molecule has 0 radical (unpaired) electrons. The van der Waals surface area contributed by atoms with Gasteiger partial charge in [-0.05, 0) is 71.6 Å². The molecule has 4 rings (SSSR count). The Morgan fingerprint density at radius 3 is 2.22 bits per heavy atom. The van der Waals surface area contributed by atoms with Crippen molar-refractivity contribution in [1.82, 2.24) is 0 Å². The van der Waals surface area contributed by atoms with Crippen LogP contribution in [0.4, 0.5) is 0 Å². The third-order valence-corrected chi connectivity index (χ3v) is 4.50. The number of fused-ring (bicyclic) bond motifs is 4. The molecular formula is C17H16O. The van der Waals surface area contributed by atoms with Crippen molar-refractivity contribution in [1.29, 1.82) is 0 Å². The van der Waals surface area contributed by atoms with Crippen molar-refractivity contribution in [3.05, 3.63) is 63.7 Å². The summed E-state index contributed by atoms with van der Waals surface area (Å²) in [5.41, 5.74) is 8.41. The zero-order valence-electron chi connectivity index (χ0n) is 10.4. The van der Waals surface area contributed by atoms with E-state index in [-0.39, 0.29) is 0 Å². The molecule has 0 amide bonds. The van der Waals surface area contributed by atoms with E-state index >= 15 is 0 Å². The lowest BCUT2D eigenvalue weighted by Gasteiger charge is -2.25. The van der Waals surface area contributed by atoms with Gasteiger partial charge in [0.05, 0.1) is 0 Å². The lowest BCUT2D eigenvalue weighted by molar-refractivity contribution is 0.460. The molecule has 2 aromatic carbocycles. The van der Waals surface area contributed by atoms with Gasteiger partial charge < -0.3 is 5.11 Å². The lowest BCUT2D eigenvalue weighted by atomic mass is 9.80. The fraction of sp³-hybridized carbons (Fsp3) is 0.294. The molecule has 1 heteroatoms. The molecule has 0 spiro atoms. The summed E-state index contributed by atoms with van der Waals surface area (Å²) >= 11 is 0. The van der Waals surface area contributed by atoms with E-state index in [1.54, 1.807) is 0 Å². The van der Waals surface area contributed by atoms with Crippen LogP contribution in [0, 0.1) is 0 Å². The van der Waals surface area contributed by atoms with Crippen LogP contribution in [0.2, 0.25) is 0 Å². The highest BCUT2D eigenvalue weighted by molar-refractivity contribution is 5.56. The topological polar surface area (TPSA) is 20.2 Å². The SMILES string of the molecule is Oc1cc2c(c3c1CC3)CCc1ccccc1C2. The fourth-order valence-corrected chi connectivity index (χ4v) is 3.43. The van der Waals surface area contributed by atoms with Crippen molar-refractivity contribution < 1.29 is 5.11 Å². The van der Waals surface area contributed by atoms with Crippen LogP contribution < -0.4 is 0 Å². The zero-order valence-corrected chi connectivity index (χ0v) is 10.4. The van der Waals surface area contributed by atoms with E-state index in [4.69, 9.17) is 0 Å². The second kappa shape index (κ2) is 3.61. The molecular weight excluding hydrogens is 220 g/mol. The summed E-state index contributed by atoms with van der Waals surface area (Å²) in [6, 6.07) is 10.7. The van der Waals surface area contributed by atoms with Gasteiger partial charge in [-0.25, -0.2) is 0 Å². The minimum Gasteiger partial charge on any atom is -0.508 e. The zero-order chi connectivity index (χ0) is 12.1. The molecule has 0 heterocycles. The molecule has 2 aliphatic carbocycles. The minimum atomic E-state index is 0.523. The molecule has 0 atom stereocenters. The predicted molar refractivity (Wildman–Crippen MR) is 72.2 cm³/mol. The number of aryl methyl sites for hydroxylation is 1. The summed E-state index contributed by atoms with van der Waals surface area (Å²) in [5, 5.41) is 10.0. The molecule has 2 aromatic rings. The summed E-state index contributed by atoms with van der Waals surface area (Å²) < 4.78 is 0. The van der Waals surface area contributed by atoms with E-state index in [9.17, 15) is 5.11 Å². The normalized spacial score (nSPS) is 16.0. The van der Waals surface area contributed by atoms with Gasteiger partial charge >= 0.3 is 0 Å². The molecule has 0 aromatic heterocycles. The van der Waals surface area contributed by atoms with Gasteiger partial charge in [0.25, 0.3) is 0 Å². The standard InChI is InChI=1S/C17H16O/c18-17-10-13-9-12-4-2-1-3-11(12)5-6-14(13)15-7-8-16(15)17/h1-4,10,18H,5-9H2. The number of hydrogen-bond donors (Lipinski definition) is 1. The molecule has 0 saturated heterocycles. The molecule has 90 valence electrons. The molecule has 1 N–H and O–H groups in total. The highest BCUT2D eigenvalue weighted by atomic mass is 16.3. The highest BCUT2D eigenvalue weighted by Gasteiger charge is 2.25. The van der Waals surface area contributed by atoms with E-state index in [0.29, 0.717) is 5.75 Å². The van der Waals surface area contributed by atoms with Crippen molar-refractivity contribution in [2.45, 2.75) is 32.1 Å². The molecule has 0 bridgehead atoms. The monoisotopic (exact) mass is 236 g/mol. The smallest absolute Gasteiger partial charge is 0.119 e. The molecule has 18 heavy (non-hydrogen) atoms. The van der Waals surface area contributed by atoms with Crippen molar-refractivity contribution in [2.75, 3.05) is 0 Å². The Morgan fingerprint density at radius 2 is 1.44 bits per heavy atom. The number of phenols is 1. The van der Waals surface area contributed by atoms with E-state index in [2.05, 4.69) is 24.3 Å². The van der Waals surface area contributed by atoms with E-state index in [1.165, 1.54) is 33.4 Å². The number of benzene rings is 2. The first-order chi connectivity index (χ1) is 8.83. The van der Waals surface area contributed by atoms with Gasteiger partial charge in [-0.3, -0.25) is 0 Å². The Hall–Kier alpha value is -1.76. The summed E-state index contributed by atoms with van der Waals surface area (Å²) in [6.07, 6.45) is 5.46. The minimum absolute atomic E-state index is 0.523. The van der Waals surface area contributed by atoms with Gasteiger partial charge in [0.2, 0.25) is 0 Å². The van der Waals surface area contributed by atoms with Crippen LogP contribution in [0.25, 0.3) is 0 Å². The van der Waals surface area contributed by atoms with Crippen LogP contribution in [0.5, 0.6) is 5.75 Å². The average molecular weight is 236 g/mol. The molecule has 1 nitrogen and oxygen atoms in total. The Morgan fingerprint density at radius 1 is 0.722 bits per heavy atom. The highest BCUT2D eigenvalue weighted by Crippen LogP contribution is 2.39. The molecule has 2 aliphatic rings. The largest absolute Gasteiger partial charge is 0.508 e. The Bertz CT molecular complexity index is 640. The van der Waals surface area contributed by atoms with Gasteiger partial charge in [0, 0.05) is 0 Å². The van der Waals surface area contributed by atoms with E-state index in [1.807, 2.05) is 6.07 Å². The van der Waals surface area contributed by atoms with Gasteiger partial charge in [-0.1, -0.05) is 24.3 Å². The van der Waals surface area contributed by atoms with Crippen LogP contribution in [0.1, 0.15) is 33.4 Å². The average Bonchev–Trinajstić information content (AvgIpc) is 2.48. The Kier molecular flexibility index (Phi) is 2.05. The first kappa shape index (κ1) is 10.2. The van der Waals surface area contributed by atoms with Crippen LogP contribution in [-0.4, -0.2) is 5.11 Å². The van der Waals surface area contributed by atoms with E-state index in [0.717, 1.165) is 32.1 Å². The first-order valence-corrected chi connectivity index (χ1v) is 6.75. The molecule has 0 fully saturated rings. The molecule has 0 aliphatic heterocycles. The van der Waals surface area contributed by atoms with Gasteiger partial charge in [-0.15, -0.1) is 0 Å². The van der Waals surface area contributed by atoms with Crippen LogP contribution >= 0.6 is 0 Å². The number of rotatable bonds is 0. The summed E-state index contributed by atoms with van der Waals surface area (Å²) in [4.78, 5) is 0. The van der Waals surface area contributed by atoms with Crippen LogP contribution in [0.3, 0.4) is 0 Å². The Balaban J connectivity index is 1.89. The van der Waals surface area contributed by atoms with Crippen molar-refractivity contribution >= 4 is 0 Å². The summed E-state index contributed by atoms with van der Waals surface area (Å²) in [5.74, 6) is 0.523. The van der Waals surface area contributed by atoms with Crippen LogP contribution in [0.15, 0.2) is 30.3 Å². The van der Waals surface area contributed by atoms with Gasteiger partial charge in [0.15, 0.2) is 0 Å². The van der Waals surface area contributed by atoms with E-state index < -0.39 is 0 Å². The lowest BCUT2D eigenvalue weighted by Crippen LogP contribution is -2.14. The predicted octanol–water partition coefficient (Wildman–Crippen LogP) is 3.18. The maximum Gasteiger partial charge on any atom is 0.119 e. The van der Waals surface area contributed by atoms with Gasteiger partial charge in [-0.2, -0.15) is 0 Å². The third kappa shape index (κ3) is 1.34. The number of aromatic hydroxyl groups is 1. The Labute approximate surface area is 107 Å². The summed E-state index contributed by atoms with van der Waals surface area (Å²) in [6.45, 7) is 0. The second-order valence-electron chi connectivity index (χ2n) is 5.44. The fourth-order valence-electron chi connectivity index (χ4n) is 3.43. The maximum absolute atomic E-state index is 10.0. The third-order valence-electron chi connectivity index (χ3n) is 4.50. The van der Waals surface area contributed by atoms with Gasteiger partial charge in [0.1, 0.15) is 5.75 Å². The van der Waals surface area contributed by atoms with Crippen LogP contribution in [-0.2, 0) is 32.1 Å². The number of hydrogen-bond acceptors (Lipinski definition) is 1. The second-order valence-corrected chi connectivity index (χ2v) is 5.44.